The summed E-state index contributed by atoms with van der Waals surface area (Å²) >= 11 is 0. The normalized spacial score (nSPS) is 24.8. The van der Waals surface area contributed by atoms with Crippen molar-refractivity contribution in [2.45, 2.75) is 90.1 Å². The molecule has 1 saturated heterocycles. The van der Waals surface area contributed by atoms with Crippen molar-refractivity contribution in [3.8, 4) is 17.0 Å². The Morgan fingerprint density at radius 2 is 1.83 bits per heavy atom. The molecule has 1 unspecified atom stereocenters. The molecule has 0 spiro atoms. The van der Waals surface area contributed by atoms with Gasteiger partial charge < -0.3 is 23.9 Å². The van der Waals surface area contributed by atoms with Crippen LogP contribution in [0.15, 0.2) is 41.1 Å². The first-order valence-corrected chi connectivity index (χ1v) is 17.5. The number of aromatic nitrogens is 3. The van der Waals surface area contributed by atoms with Gasteiger partial charge in [-0.05, 0) is 94.4 Å². The van der Waals surface area contributed by atoms with Crippen LogP contribution in [-0.2, 0) is 9.53 Å². The number of carboxylic acid groups (broad SMARTS) is 1. The van der Waals surface area contributed by atoms with Gasteiger partial charge in [0, 0.05) is 48.3 Å². The number of nitrogens with zero attached hydrogens (tertiary/aromatic N) is 5. The molecule has 3 aliphatic rings. The summed E-state index contributed by atoms with van der Waals surface area (Å²) in [6.45, 7) is 7.93. The summed E-state index contributed by atoms with van der Waals surface area (Å²) in [6.07, 6.45) is 9.67. The maximum absolute atomic E-state index is 14.4. The molecule has 0 radical (unpaired) electrons. The number of carbonyl (C=O) groups excluding carboxylic acids is 1. The van der Waals surface area contributed by atoms with Gasteiger partial charge in [0.1, 0.15) is 23.5 Å². The van der Waals surface area contributed by atoms with Crippen LogP contribution >= 0.6 is 0 Å². The van der Waals surface area contributed by atoms with Gasteiger partial charge in [-0.1, -0.05) is 13.8 Å². The second-order valence-electron chi connectivity index (χ2n) is 14.1. The van der Waals surface area contributed by atoms with Crippen LogP contribution in [0.1, 0.15) is 94.3 Å². The van der Waals surface area contributed by atoms with Crippen LogP contribution in [0.25, 0.3) is 11.3 Å². The van der Waals surface area contributed by atoms with E-state index in [1.54, 1.807) is 19.6 Å². The van der Waals surface area contributed by atoms with Gasteiger partial charge in [-0.25, -0.2) is 14.8 Å². The first-order chi connectivity index (χ1) is 23.2. The highest BCUT2D eigenvalue weighted by atomic mass is 16.5. The smallest absolute Gasteiger partial charge is 0.407 e. The number of hydrogen-bond acceptors (Lipinski definition) is 8. The number of anilines is 1. The van der Waals surface area contributed by atoms with Crippen LogP contribution in [0.5, 0.6) is 5.75 Å². The summed E-state index contributed by atoms with van der Waals surface area (Å²) < 4.78 is 17.1. The van der Waals surface area contributed by atoms with Gasteiger partial charge in [-0.15, -0.1) is 0 Å². The van der Waals surface area contributed by atoms with E-state index in [1.165, 1.54) is 4.90 Å². The van der Waals surface area contributed by atoms with Crippen molar-refractivity contribution in [1.29, 1.82) is 0 Å². The summed E-state index contributed by atoms with van der Waals surface area (Å²) in [4.78, 5) is 43.6. The Bertz CT molecular complexity index is 1560. The third kappa shape index (κ3) is 7.66. The Kier molecular flexibility index (Phi) is 10.6. The average molecular weight is 660 g/mol. The van der Waals surface area contributed by atoms with Crippen LogP contribution in [-0.4, -0.2) is 76.4 Å². The van der Waals surface area contributed by atoms with E-state index >= 15 is 0 Å². The van der Waals surface area contributed by atoms with E-state index < -0.39 is 6.09 Å². The zero-order valence-corrected chi connectivity index (χ0v) is 28.6. The maximum Gasteiger partial charge on any atom is 0.407 e. The molecule has 1 N–H and O–H groups in total. The van der Waals surface area contributed by atoms with Crippen molar-refractivity contribution < 1.29 is 28.6 Å². The summed E-state index contributed by atoms with van der Waals surface area (Å²) in [7, 11) is 1.67. The van der Waals surface area contributed by atoms with Gasteiger partial charge >= 0.3 is 6.09 Å². The fourth-order valence-electron chi connectivity index (χ4n) is 7.71. The van der Waals surface area contributed by atoms with Gasteiger partial charge in [0.05, 0.1) is 32.1 Å². The lowest BCUT2D eigenvalue weighted by atomic mass is 9.77. The summed E-state index contributed by atoms with van der Waals surface area (Å²) in [5.74, 6) is 3.31. The number of oxazole rings is 1. The highest BCUT2D eigenvalue weighted by Crippen LogP contribution is 2.39. The van der Waals surface area contributed by atoms with Crippen molar-refractivity contribution in [1.82, 2.24) is 19.9 Å². The number of morpholine rings is 1. The predicted molar refractivity (Wildman–Crippen MR) is 181 cm³/mol. The highest BCUT2D eigenvalue weighted by molar-refractivity contribution is 5.94. The van der Waals surface area contributed by atoms with Crippen LogP contribution in [0.3, 0.4) is 0 Å². The standard InChI is InChI=1S/C37H49N5O6/c1-23(2)35-40-31(22-48-35)29-15-16-38-34(19-29)42(20-25-5-7-26(8-6-25)30-13-14-32(46-4)24(3)39-30)36(43)28-11-9-27(10-12-28)33-21-41(37(44)45)17-18-47-33/h13-16,19,22-23,25-28,33H,5-12,17-18,20-21H2,1-4H3,(H,44,45). The molecule has 2 saturated carbocycles. The zero-order valence-electron chi connectivity index (χ0n) is 28.6. The first-order valence-electron chi connectivity index (χ1n) is 17.5. The van der Waals surface area contributed by atoms with E-state index in [-0.39, 0.29) is 29.8 Å². The number of ether oxygens (including phenoxy) is 2. The van der Waals surface area contributed by atoms with Gasteiger partial charge in [-0.2, -0.15) is 0 Å². The van der Waals surface area contributed by atoms with Crippen LogP contribution < -0.4 is 9.64 Å². The Morgan fingerprint density at radius 1 is 1.06 bits per heavy atom. The highest BCUT2D eigenvalue weighted by Gasteiger charge is 2.37. The molecule has 11 nitrogen and oxygen atoms in total. The molecule has 11 heteroatoms. The molecule has 4 heterocycles. The Labute approximate surface area is 283 Å². The maximum atomic E-state index is 14.4. The first kappa shape index (κ1) is 33.9. The van der Waals surface area contributed by atoms with Crippen LogP contribution in [0.2, 0.25) is 0 Å². The molecule has 2 aliphatic carbocycles. The largest absolute Gasteiger partial charge is 0.495 e. The lowest BCUT2D eigenvalue weighted by molar-refractivity contribution is -0.124. The van der Waals surface area contributed by atoms with E-state index in [2.05, 4.69) is 6.07 Å². The lowest BCUT2D eigenvalue weighted by Gasteiger charge is -2.39. The van der Waals surface area contributed by atoms with Crippen molar-refractivity contribution >= 4 is 17.8 Å². The van der Waals surface area contributed by atoms with E-state index in [9.17, 15) is 14.7 Å². The quantitative estimate of drug-likeness (QED) is 0.256. The Morgan fingerprint density at radius 3 is 2.50 bits per heavy atom. The number of aryl methyl sites for hydroxylation is 1. The molecule has 1 aliphatic heterocycles. The molecular weight excluding hydrogens is 610 g/mol. The molecule has 0 bridgehead atoms. The number of methoxy groups -OCH3 is 1. The van der Waals surface area contributed by atoms with Crippen molar-refractivity contribution in [3.05, 3.63) is 54.0 Å². The monoisotopic (exact) mass is 659 g/mol. The third-order valence-electron chi connectivity index (χ3n) is 10.6. The minimum atomic E-state index is -0.895. The molecular formula is C37H49N5O6. The van der Waals surface area contributed by atoms with Gasteiger partial charge in [0.15, 0.2) is 5.89 Å². The summed E-state index contributed by atoms with van der Waals surface area (Å²) in [6, 6.07) is 7.99. The van der Waals surface area contributed by atoms with E-state index in [1.807, 2.05) is 43.9 Å². The minimum absolute atomic E-state index is 0.113. The zero-order chi connectivity index (χ0) is 33.8. The van der Waals surface area contributed by atoms with E-state index in [0.29, 0.717) is 49.8 Å². The fraction of sp³-hybridized carbons (Fsp3) is 0.595. The van der Waals surface area contributed by atoms with Crippen LogP contribution in [0.4, 0.5) is 10.6 Å². The molecule has 258 valence electrons. The third-order valence-corrected chi connectivity index (χ3v) is 10.6. The molecule has 2 amide bonds. The molecule has 6 rings (SSSR count). The molecule has 3 aromatic rings. The van der Waals surface area contributed by atoms with Crippen molar-refractivity contribution in [3.63, 3.8) is 0 Å². The number of pyridine rings is 2. The number of hydrogen-bond donors (Lipinski definition) is 1. The van der Waals surface area contributed by atoms with Gasteiger partial charge in [0.2, 0.25) is 5.91 Å². The molecule has 3 aromatic heterocycles. The Hall–Kier alpha value is -3.99. The predicted octanol–water partition coefficient (Wildman–Crippen LogP) is 7.06. The summed E-state index contributed by atoms with van der Waals surface area (Å²) in [5, 5.41) is 9.49. The SMILES string of the molecule is COc1ccc(C2CCC(CN(C(=O)C3CCC(C4CN(C(=O)O)CCO4)CC3)c3cc(-c4coc(C(C)C)n4)ccn3)CC2)nc1C. The molecule has 1 atom stereocenters. The molecule has 48 heavy (non-hydrogen) atoms. The average Bonchev–Trinajstić information content (AvgIpc) is 3.62. The lowest BCUT2D eigenvalue weighted by Crippen LogP contribution is -2.49. The van der Waals surface area contributed by atoms with Gasteiger partial charge in [0.25, 0.3) is 0 Å². The van der Waals surface area contributed by atoms with E-state index in [0.717, 1.165) is 79.8 Å². The van der Waals surface area contributed by atoms with Crippen molar-refractivity contribution in [2.75, 3.05) is 38.3 Å². The van der Waals surface area contributed by atoms with Gasteiger partial charge in [-0.3, -0.25) is 14.7 Å². The second-order valence-corrected chi connectivity index (χ2v) is 14.1. The van der Waals surface area contributed by atoms with Crippen LogP contribution in [0, 0.1) is 24.7 Å². The molecule has 0 aromatic carbocycles. The molecule has 3 fully saturated rings. The Balaban J connectivity index is 1.17. The number of carbonyl (C=O) groups is 2. The topological polar surface area (TPSA) is 131 Å². The summed E-state index contributed by atoms with van der Waals surface area (Å²) in [5.41, 5.74) is 3.64. The number of rotatable bonds is 9. The minimum Gasteiger partial charge on any atom is -0.495 e. The fourth-order valence-corrected chi connectivity index (χ4v) is 7.71. The second kappa shape index (κ2) is 15.1. The number of amides is 2. The van der Waals surface area contributed by atoms with E-state index in [4.69, 9.17) is 28.8 Å². The van der Waals surface area contributed by atoms with Crippen molar-refractivity contribution in [2.24, 2.45) is 17.8 Å².